The van der Waals surface area contributed by atoms with E-state index in [1.165, 1.54) is 17.8 Å². The van der Waals surface area contributed by atoms with Crippen LogP contribution in [-0.2, 0) is 0 Å². The van der Waals surface area contributed by atoms with E-state index in [-0.39, 0.29) is 5.82 Å². The number of hydrogen-bond acceptors (Lipinski definition) is 2. The lowest BCUT2D eigenvalue weighted by Crippen LogP contribution is -1.85. The molecule has 0 amide bonds. The SMILES string of the molecule is Fc1ccccc1Sc1nccc2ccccc12. The number of pyridine rings is 1. The molecular formula is C15H10FNS. The number of halogens is 1. The Bertz CT molecular complexity index is 691. The summed E-state index contributed by atoms with van der Waals surface area (Å²) in [7, 11) is 0. The topological polar surface area (TPSA) is 12.9 Å². The predicted octanol–water partition coefficient (Wildman–Crippen LogP) is 4.53. The third-order valence-electron chi connectivity index (χ3n) is 2.68. The monoisotopic (exact) mass is 255 g/mol. The van der Waals surface area contributed by atoms with Crippen molar-refractivity contribution in [1.82, 2.24) is 4.98 Å². The molecule has 3 rings (SSSR count). The van der Waals surface area contributed by atoms with Crippen LogP contribution in [0.3, 0.4) is 0 Å². The maximum absolute atomic E-state index is 13.6. The minimum Gasteiger partial charge on any atom is -0.249 e. The lowest BCUT2D eigenvalue weighted by atomic mass is 10.2. The molecule has 0 aliphatic rings. The lowest BCUT2D eigenvalue weighted by Gasteiger charge is -2.05. The fourth-order valence-corrected chi connectivity index (χ4v) is 2.73. The van der Waals surface area contributed by atoms with Crippen molar-refractivity contribution in [3.8, 4) is 0 Å². The number of rotatable bonds is 2. The minimum absolute atomic E-state index is 0.211. The summed E-state index contributed by atoms with van der Waals surface area (Å²) in [6, 6.07) is 16.7. The summed E-state index contributed by atoms with van der Waals surface area (Å²) in [4.78, 5) is 4.94. The number of aromatic nitrogens is 1. The zero-order valence-electron chi connectivity index (χ0n) is 9.51. The molecule has 2 aromatic carbocycles. The molecular weight excluding hydrogens is 245 g/mol. The fourth-order valence-electron chi connectivity index (χ4n) is 1.80. The van der Waals surface area contributed by atoms with Gasteiger partial charge >= 0.3 is 0 Å². The van der Waals surface area contributed by atoms with E-state index in [9.17, 15) is 4.39 Å². The van der Waals surface area contributed by atoms with Gasteiger partial charge in [-0.3, -0.25) is 0 Å². The summed E-state index contributed by atoms with van der Waals surface area (Å²) < 4.78 is 13.6. The van der Waals surface area contributed by atoms with E-state index in [1.807, 2.05) is 36.4 Å². The van der Waals surface area contributed by atoms with Crippen LogP contribution in [0, 0.1) is 5.82 Å². The first-order valence-electron chi connectivity index (χ1n) is 5.61. The number of hydrogen-bond donors (Lipinski definition) is 0. The molecule has 1 aromatic heterocycles. The highest BCUT2D eigenvalue weighted by Crippen LogP contribution is 2.32. The molecule has 0 N–H and O–H groups in total. The summed E-state index contributed by atoms with van der Waals surface area (Å²) in [5, 5.41) is 3.00. The summed E-state index contributed by atoms with van der Waals surface area (Å²) in [6.45, 7) is 0. The molecule has 1 heterocycles. The smallest absolute Gasteiger partial charge is 0.137 e. The Kier molecular flexibility index (Phi) is 2.99. The summed E-state index contributed by atoms with van der Waals surface area (Å²) in [5.41, 5.74) is 0. The predicted molar refractivity (Wildman–Crippen MR) is 72.3 cm³/mol. The standard InChI is InChI=1S/C15H10FNS/c16-13-7-3-4-8-14(13)18-15-12-6-2-1-5-11(12)9-10-17-15/h1-10H. The average molecular weight is 255 g/mol. The maximum Gasteiger partial charge on any atom is 0.137 e. The van der Waals surface area contributed by atoms with Gasteiger partial charge in [-0.15, -0.1) is 0 Å². The van der Waals surface area contributed by atoms with Crippen LogP contribution in [0.1, 0.15) is 0 Å². The molecule has 0 unspecified atom stereocenters. The largest absolute Gasteiger partial charge is 0.249 e. The van der Waals surface area contributed by atoms with Gasteiger partial charge in [-0.2, -0.15) is 0 Å². The molecule has 0 radical (unpaired) electrons. The van der Waals surface area contributed by atoms with Gasteiger partial charge in [0.15, 0.2) is 0 Å². The van der Waals surface area contributed by atoms with Crippen LogP contribution in [0.15, 0.2) is 70.7 Å². The molecule has 0 spiro atoms. The third-order valence-corrected chi connectivity index (χ3v) is 3.75. The summed E-state index contributed by atoms with van der Waals surface area (Å²) in [5.74, 6) is -0.211. The van der Waals surface area contributed by atoms with Crippen molar-refractivity contribution in [1.29, 1.82) is 0 Å². The van der Waals surface area contributed by atoms with Crippen molar-refractivity contribution < 1.29 is 4.39 Å². The summed E-state index contributed by atoms with van der Waals surface area (Å²) >= 11 is 1.36. The van der Waals surface area contributed by atoms with Gasteiger partial charge in [-0.05, 0) is 23.6 Å². The maximum atomic E-state index is 13.6. The van der Waals surface area contributed by atoms with Crippen molar-refractivity contribution in [2.45, 2.75) is 9.92 Å². The van der Waals surface area contributed by atoms with Gasteiger partial charge in [0.1, 0.15) is 10.8 Å². The summed E-state index contributed by atoms with van der Waals surface area (Å²) in [6.07, 6.45) is 1.76. The molecule has 0 saturated heterocycles. The quantitative estimate of drug-likeness (QED) is 0.667. The molecule has 88 valence electrons. The highest BCUT2D eigenvalue weighted by atomic mass is 32.2. The Morgan fingerprint density at radius 2 is 1.67 bits per heavy atom. The third kappa shape index (κ3) is 2.09. The Labute approximate surface area is 109 Å². The Hall–Kier alpha value is -1.87. The lowest BCUT2D eigenvalue weighted by molar-refractivity contribution is 0.602. The Balaban J connectivity index is 2.08. The molecule has 3 aromatic rings. The van der Waals surface area contributed by atoms with E-state index in [0.29, 0.717) is 4.90 Å². The molecule has 0 aliphatic heterocycles. The van der Waals surface area contributed by atoms with Crippen LogP contribution in [0.2, 0.25) is 0 Å². The van der Waals surface area contributed by atoms with Crippen LogP contribution in [-0.4, -0.2) is 4.98 Å². The van der Waals surface area contributed by atoms with E-state index >= 15 is 0 Å². The average Bonchev–Trinajstić information content (AvgIpc) is 2.42. The highest BCUT2D eigenvalue weighted by molar-refractivity contribution is 7.99. The fraction of sp³-hybridized carbons (Fsp3) is 0. The van der Waals surface area contributed by atoms with E-state index < -0.39 is 0 Å². The van der Waals surface area contributed by atoms with Crippen molar-refractivity contribution in [2.24, 2.45) is 0 Å². The van der Waals surface area contributed by atoms with E-state index in [0.717, 1.165) is 15.8 Å². The van der Waals surface area contributed by atoms with Crippen molar-refractivity contribution in [3.63, 3.8) is 0 Å². The van der Waals surface area contributed by atoms with E-state index in [4.69, 9.17) is 0 Å². The first-order chi connectivity index (χ1) is 8.84. The molecule has 0 bridgehead atoms. The Morgan fingerprint density at radius 1 is 0.889 bits per heavy atom. The van der Waals surface area contributed by atoms with Crippen LogP contribution < -0.4 is 0 Å². The van der Waals surface area contributed by atoms with Gasteiger partial charge < -0.3 is 0 Å². The van der Waals surface area contributed by atoms with Crippen molar-refractivity contribution in [3.05, 3.63) is 66.6 Å². The van der Waals surface area contributed by atoms with Gasteiger partial charge in [-0.25, -0.2) is 9.37 Å². The van der Waals surface area contributed by atoms with Gasteiger partial charge in [0.05, 0.1) is 0 Å². The minimum atomic E-state index is -0.211. The molecule has 0 fully saturated rings. The normalized spacial score (nSPS) is 10.7. The second-order valence-electron chi connectivity index (χ2n) is 3.87. The van der Waals surface area contributed by atoms with Crippen molar-refractivity contribution in [2.75, 3.05) is 0 Å². The van der Waals surface area contributed by atoms with Crippen LogP contribution >= 0.6 is 11.8 Å². The molecule has 3 heteroatoms. The van der Waals surface area contributed by atoms with Crippen molar-refractivity contribution >= 4 is 22.5 Å². The number of fused-ring (bicyclic) bond motifs is 1. The van der Waals surface area contributed by atoms with E-state index in [2.05, 4.69) is 4.98 Å². The highest BCUT2D eigenvalue weighted by Gasteiger charge is 2.07. The first kappa shape index (κ1) is 11.2. The first-order valence-corrected chi connectivity index (χ1v) is 6.42. The van der Waals surface area contributed by atoms with Gasteiger partial charge in [0, 0.05) is 16.5 Å². The molecule has 18 heavy (non-hydrogen) atoms. The molecule has 0 atom stereocenters. The van der Waals surface area contributed by atoms with E-state index in [1.54, 1.807) is 18.3 Å². The zero-order chi connectivity index (χ0) is 12.4. The van der Waals surface area contributed by atoms with Crippen LogP contribution in [0.5, 0.6) is 0 Å². The van der Waals surface area contributed by atoms with Crippen LogP contribution in [0.25, 0.3) is 10.8 Å². The molecule has 0 aliphatic carbocycles. The van der Waals surface area contributed by atoms with Gasteiger partial charge in [0.2, 0.25) is 0 Å². The van der Waals surface area contributed by atoms with Gasteiger partial charge in [0.25, 0.3) is 0 Å². The number of benzene rings is 2. The van der Waals surface area contributed by atoms with Crippen LogP contribution in [0.4, 0.5) is 4.39 Å². The second kappa shape index (κ2) is 4.78. The zero-order valence-corrected chi connectivity index (χ0v) is 10.3. The molecule has 0 saturated carbocycles. The molecule has 1 nitrogen and oxygen atoms in total. The number of nitrogens with zero attached hydrogens (tertiary/aromatic N) is 1. The second-order valence-corrected chi connectivity index (χ2v) is 4.90. The Morgan fingerprint density at radius 3 is 2.56 bits per heavy atom. The van der Waals surface area contributed by atoms with Gasteiger partial charge in [-0.1, -0.05) is 48.2 Å².